The Kier molecular flexibility index (Phi) is 4.24. The number of fused-ring (bicyclic) bond motifs is 1. The van der Waals surface area contributed by atoms with Crippen molar-refractivity contribution in [1.82, 2.24) is 14.9 Å². The SMILES string of the molecule is C=C1NCCn2cc(/C(=C/C)c3ccc(C4CCCC4)nc3C)cc21. The van der Waals surface area contributed by atoms with Crippen LogP contribution in [0.2, 0.25) is 0 Å². The maximum Gasteiger partial charge on any atom is 0.0643 e. The van der Waals surface area contributed by atoms with Crippen molar-refractivity contribution in [1.29, 1.82) is 0 Å². The number of aryl methyl sites for hydroxylation is 1. The molecule has 0 amide bonds. The van der Waals surface area contributed by atoms with Crippen LogP contribution >= 0.6 is 0 Å². The quantitative estimate of drug-likeness (QED) is 0.868. The van der Waals surface area contributed by atoms with Crippen LogP contribution < -0.4 is 5.32 Å². The Morgan fingerprint density at radius 1 is 1.32 bits per heavy atom. The molecule has 2 aromatic rings. The highest BCUT2D eigenvalue weighted by atomic mass is 15.1. The van der Waals surface area contributed by atoms with Crippen molar-refractivity contribution in [2.45, 2.75) is 52.0 Å². The predicted molar refractivity (Wildman–Crippen MR) is 104 cm³/mol. The smallest absolute Gasteiger partial charge is 0.0643 e. The van der Waals surface area contributed by atoms with Crippen LogP contribution in [0.4, 0.5) is 0 Å². The van der Waals surface area contributed by atoms with E-state index in [1.165, 1.54) is 53.8 Å². The Bertz CT molecular complexity index is 835. The summed E-state index contributed by atoms with van der Waals surface area (Å²) in [4.78, 5) is 4.97. The number of rotatable bonds is 3. The molecule has 2 aliphatic rings. The summed E-state index contributed by atoms with van der Waals surface area (Å²) in [6.45, 7) is 10.3. The molecule has 130 valence electrons. The number of hydrogen-bond donors (Lipinski definition) is 1. The lowest BCUT2D eigenvalue weighted by Crippen LogP contribution is -2.25. The van der Waals surface area contributed by atoms with E-state index in [4.69, 9.17) is 4.98 Å². The minimum atomic E-state index is 0.665. The van der Waals surface area contributed by atoms with Gasteiger partial charge in [-0.2, -0.15) is 0 Å². The molecule has 0 radical (unpaired) electrons. The molecule has 0 spiro atoms. The zero-order chi connectivity index (χ0) is 17.4. The van der Waals surface area contributed by atoms with E-state index in [-0.39, 0.29) is 0 Å². The second-order valence-electron chi connectivity index (χ2n) is 7.27. The van der Waals surface area contributed by atoms with Gasteiger partial charge in [-0.1, -0.05) is 31.6 Å². The van der Waals surface area contributed by atoms with Gasteiger partial charge in [-0.3, -0.25) is 4.98 Å². The Hall–Kier alpha value is -2.29. The zero-order valence-corrected chi connectivity index (χ0v) is 15.3. The molecule has 2 aromatic heterocycles. The summed E-state index contributed by atoms with van der Waals surface area (Å²) in [5.41, 5.74) is 8.37. The Labute approximate surface area is 150 Å². The molecule has 3 nitrogen and oxygen atoms in total. The molecule has 1 N–H and O–H groups in total. The van der Waals surface area contributed by atoms with Crippen LogP contribution in [0.3, 0.4) is 0 Å². The number of nitrogens with one attached hydrogen (secondary N) is 1. The fourth-order valence-electron chi connectivity index (χ4n) is 4.31. The van der Waals surface area contributed by atoms with Gasteiger partial charge in [-0.25, -0.2) is 0 Å². The van der Waals surface area contributed by atoms with E-state index in [2.05, 4.69) is 60.8 Å². The number of aromatic nitrogens is 2. The average molecular weight is 333 g/mol. The standard InChI is InChI=1S/C22H27N3/c1-4-19(18-13-22-16(3)23-11-12-25(22)14-18)20-9-10-21(24-15(20)2)17-7-5-6-8-17/h4,9-10,13-14,17,23H,3,5-8,11-12H2,1-2H3/b19-4-. The van der Waals surface area contributed by atoms with Crippen LogP contribution in [0, 0.1) is 6.92 Å². The van der Waals surface area contributed by atoms with Crippen molar-refractivity contribution in [2.75, 3.05) is 6.54 Å². The lowest BCUT2D eigenvalue weighted by Gasteiger charge is -2.18. The Morgan fingerprint density at radius 2 is 2.12 bits per heavy atom. The van der Waals surface area contributed by atoms with Crippen molar-refractivity contribution >= 4 is 11.3 Å². The van der Waals surface area contributed by atoms with Crippen molar-refractivity contribution in [3.63, 3.8) is 0 Å². The topological polar surface area (TPSA) is 29.9 Å². The van der Waals surface area contributed by atoms with Crippen molar-refractivity contribution < 1.29 is 0 Å². The number of hydrogen-bond acceptors (Lipinski definition) is 2. The molecule has 1 fully saturated rings. The number of pyridine rings is 1. The molecule has 3 heteroatoms. The third kappa shape index (κ3) is 2.92. The fourth-order valence-corrected chi connectivity index (χ4v) is 4.31. The highest BCUT2D eigenvalue weighted by Gasteiger charge is 2.20. The van der Waals surface area contributed by atoms with Crippen LogP contribution in [-0.2, 0) is 6.54 Å². The van der Waals surface area contributed by atoms with Crippen LogP contribution in [0.15, 0.2) is 37.1 Å². The van der Waals surface area contributed by atoms with E-state index in [0.717, 1.165) is 24.5 Å². The highest BCUT2D eigenvalue weighted by molar-refractivity contribution is 5.82. The predicted octanol–water partition coefficient (Wildman–Crippen LogP) is 4.87. The first-order valence-corrected chi connectivity index (χ1v) is 9.45. The molecule has 25 heavy (non-hydrogen) atoms. The second-order valence-corrected chi connectivity index (χ2v) is 7.27. The lowest BCUT2D eigenvalue weighted by molar-refractivity contribution is 0.627. The van der Waals surface area contributed by atoms with Crippen molar-refractivity contribution in [3.05, 3.63) is 65.3 Å². The van der Waals surface area contributed by atoms with E-state index in [1.54, 1.807) is 0 Å². The van der Waals surface area contributed by atoms with E-state index >= 15 is 0 Å². The summed E-state index contributed by atoms with van der Waals surface area (Å²) in [7, 11) is 0. The number of allylic oxidation sites excluding steroid dienone is 1. The molecule has 0 bridgehead atoms. The van der Waals surface area contributed by atoms with E-state index in [9.17, 15) is 0 Å². The average Bonchev–Trinajstić information content (AvgIpc) is 3.27. The molecule has 0 atom stereocenters. The van der Waals surface area contributed by atoms with Gasteiger partial charge < -0.3 is 9.88 Å². The Balaban J connectivity index is 1.69. The zero-order valence-electron chi connectivity index (χ0n) is 15.3. The van der Waals surface area contributed by atoms with Crippen LogP contribution in [0.25, 0.3) is 11.3 Å². The second kappa shape index (κ2) is 6.55. The van der Waals surface area contributed by atoms with Crippen LogP contribution in [-0.4, -0.2) is 16.1 Å². The molecule has 3 heterocycles. The van der Waals surface area contributed by atoms with Gasteiger partial charge in [0.15, 0.2) is 0 Å². The number of nitrogens with zero attached hydrogens (tertiary/aromatic N) is 2. The summed E-state index contributed by atoms with van der Waals surface area (Å²) >= 11 is 0. The normalized spacial score (nSPS) is 18.3. The van der Waals surface area contributed by atoms with E-state index < -0.39 is 0 Å². The molecule has 1 aliphatic heterocycles. The van der Waals surface area contributed by atoms with Crippen LogP contribution in [0.5, 0.6) is 0 Å². The van der Waals surface area contributed by atoms with Crippen molar-refractivity contribution in [2.24, 2.45) is 0 Å². The van der Waals surface area contributed by atoms with Gasteiger partial charge in [0.1, 0.15) is 0 Å². The van der Waals surface area contributed by atoms with E-state index in [1.807, 2.05) is 0 Å². The summed E-state index contributed by atoms with van der Waals surface area (Å²) in [6, 6.07) is 6.77. The van der Waals surface area contributed by atoms with Gasteiger partial charge in [0, 0.05) is 47.7 Å². The maximum atomic E-state index is 4.97. The largest absolute Gasteiger partial charge is 0.382 e. The summed E-state index contributed by atoms with van der Waals surface area (Å²) in [5, 5.41) is 3.35. The Morgan fingerprint density at radius 3 is 2.80 bits per heavy atom. The summed E-state index contributed by atoms with van der Waals surface area (Å²) in [6.07, 6.45) is 9.74. The molecule has 0 aromatic carbocycles. The molecule has 1 aliphatic carbocycles. The maximum absolute atomic E-state index is 4.97. The fraction of sp³-hybridized carbons (Fsp3) is 0.409. The molecule has 0 unspecified atom stereocenters. The highest BCUT2D eigenvalue weighted by Crippen LogP contribution is 2.35. The minimum Gasteiger partial charge on any atom is -0.382 e. The first-order valence-electron chi connectivity index (χ1n) is 9.45. The van der Waals surface area contributed by atoms with Gasteiger partial charge in [0.25, 0.3) is 0 Å². The molecule has 4 rings (SSSR count). The third-order valence-electron chi connectivity index (χ3n) is 5.67. The first kappa shape index (κ1) is 16.2. The van der Waals surface area contributed by atoms with E-state index in [0.29, 0.717) is 5.92 Å². The molecule has 1 saturated carbocycles. The minimum absolute atomic E-state index is 0.665. The van der Waals surface area contributed by atoms with Gasteiger partial charge in [-0.05, 0) is 44.4 Å². The third-order valence-corrected chi connectivity index (χ3v) is 5.67. The van der Waals surface area contributed by atoms with Crippen molar-refractivity contribution in [3.8, 4) is 0 Å². The van der Waals surface area contributed by atoms with Gasteiger partial charge in [0.2, 0.25) is 0 Å². The van der Waals surface area contributed by atoms with Gasteiger partial charge in [0.05, 0.1) is 11.4 Å². The molecule has 0 saturated heterocycles. The lowest BCUT2D eigenvalue weighted by atomic mass is 9.96. The van der Waals surface area contributed by atoms with Gasteiger partial charge >= 0.3 is 0 Å². The first-order chi connectivity index (χ1) is 12.2. The summed E-state index contributed by atoms with van der Waals surface area (Å²) < 4.78 is 2.30. The molecular weight excluding hydrogens is 306 g/mol. The monoisotopic (exact) mass is 333 g/mol. The molecular formula is C22H27N3. The van der Waals surface area contributed by atoms with Gasteiger partial charge in [-0.15, -0.1) is 0 Å². The van der Waals surface area contributed by atoms with Crippen LogP contribution in [0.1, 0.15) is 66.7 Å². The summed E-state index contributed by atoms with van der Waals surface area (Å²) in [5.74, 6) is 0.665.